The van der Waals surface area contributed by atoms with E-state index in [0.29, 0.717) is 38.2 Å². The number of primary amides is 1. The number of nitrogens with zero attached hydrogens (tertiary/aromatic N) is 5. The first-order chi connectivity index (χ1) is 10.2. The van der Waals surface area contributed by atoms with Gasteiger partial charge in [-0.1, -0.05) is 0 Å². The number of carbonyl (C=O) groups excluding carboxylic acids is 1. The van der Waals surface area contributed by atoms with Crippen LogP contribution in [0.25, 0.3) is 0 Å². The number of rotatable bonds is 3. The third kappa shape index (κ3) is 3.21. The van der Waals surface area contributed by atoms with E-state index in [-0.39, 0.29) is 5.82 Å². The monoisotopic (exact) mass is 292 g/mol. The van der Waals surface area contributed by atoms with E-state index in [2.05, 4.69) is 19.9 Å². The SMILES string of the molecule is NC(=O)c1nc(N2CCCCC2)nc(N2CCOCC2)n1. The number of ether oxygens (including phenoxy) is 1. The predicted molar refractivity (Wildman–Crippen MR) is 77.4 cm³/mol. The zero-order valence-corrected chi connectivity index (χ0v) is 12.0. The average molecular weight is 292 g/mol. The van der Waals surface area contributed by atoms with Gasteiger partial charge < -0.3 is 20.3 Å². The highest BCUT2D eigenvalue weighted by Gasteiger charge is 2.21. The molecule has 0 atom stereocenters. The maximum absolute atomic E-state index is 11.5. The van der Waals surface area contributed by atoms with Crippen LogP contribution in [0.2, 0.25) is 0 Å². The van der Waals surface area contributed by atoms with Crippen molar-refractivity contribution in [1.29, 1.82) is 0 Å². The summed E-state index contributed by atoms with van der Waals surface area (Å²) in [5, 5.41) is 0. The Balaban J connectivity index is 1.91. The molecule has 1 aromatic heterocycles. The summed E-state index contributed by atoms with van der Waals surface area (Å²) < 4.78 is 5.33. The number of aromatic nitrogens is 3. The molecule has 2 N–H and O–H groups in total. The van der Waals surface area contributed by atoms with Crippen molar-refractivity contribution >= 4 is 17.8 Å². The first-order valence-electron chi connectivity index (χ1n) is 7.37. The van der Waals surface area contributed by atoms with Gasteiger partial charge >= 0.3 is 0 Å². The molecule has 2 aliphatic heterocycles. The van der Waals surface area contributed by atoms with Crippen LogP contribution in [0.15, 0.2) is 0 Å². The minimum absolute atomic E-state index is 0.0343. The number of amides is 1. The Morgan fingerprint density at radius 3 is 2.05 bits per heavy atom. The van der Waals surface area contributed by atoms with Crippen LogP contribution >= 0.6 is 0 Å². The Morgan fingerprint density at radius 1 is 0.905 bits per heavy atom. The van der Waals surface area contributed by atoms with Crippen molar-refractivity contribution in [2.45, 2.75) is 19.3 Å². The molecule has 2 fully saturated rings. The van der Waals surface area contributed by atoms with Crippen molar-refractivity contribution in [3.05, 3.63) is 5.82 Å². The maximum atomic E-state index is 11.5. The molecule has 3 heterocycles. The van der Waals surface area contributed by atoms with Gasteiger partial charge in [-0.15, -0.1) is 0 Å². The lowest BCUT2D eigenvalue weighted by Crippen LogP contribution is -2.39. The van der Waals surface area contributed by atoms with Crippen molar-refractivity contribution in [2.75, 3.05) is 49.2 Å². The van der Waals surface area contributed by atoms with Gasteiger partial charge in [-0.05, 0) is 19.3 Å². The standard InChI is InChI=1S/C13H20N6O2/c14-10(20)11-15-12(18-4-2-1-3-5-18)17-13(16-11)19-6-8-21-9-7-19/h1-9H2,(H2,14,20). The first kappa shape index (κ1) is 14.0. The first-order valence-corrected chi connectivity index (χ1v) is 7.37. The van der Waals surface area contributed by atoms with Crippen molar-refractivity contribution in [3.63, 3.8) is 0 Å². The molecule has 1 amide bonds. The Bertz CT molecular complexity index is 475. The normalized spacial score (nSPS) is 19.6. The molecule has 8 heteroatoms. The fourth-order valence-corrected chi connectivity index (χ4v) is 2.60. The zero-order chi connectivity index (χ0) is 14.7. The molecule has 8 nitrogen and oxygen atoms in total. The van der Waals surface area contributed by atoms with Crippen LogP contribution in [0.3, 0.4) is 0 Å². The van der Waals surface area contributed by atoms with Gasteiger partial charge in [0.05, 0.1) is 13.2 Å². The van der Waals surface area contributed by atoms with Crippen LogP contribution in [0.5, 0.6) is 0 Å². The average Bonchev–Trinajstić information content (AvgIpc) is 2.56. The van der Waals surface area contributed by atoms with Crippen molar-refractivity contribution in [3.8, 4) is 0 Å². The van der Waals surface area contributed by atoms with Gasteiger partial charge in [-0.25, -0.2) is 0 Å². The molecule has 0 spiro atoms. The lowest BCUT2D eigenvalue weighted by molar-refractivity contribution is 0.0990. The number of nitrogens with two attached hydrogens (primary N) is 1. The van der Waals surface area contributed by atoms with Crippen LogP contribution in [0.1, 0.15) is 29.9 Å². The summed E-state index contributed by atoms with van der Waals surface area (Å²) >= 11 is 0. The molecule has 114 valence electrons. The summed E-state index contributed by atoms with van der Waals surface area (Å²) in [6, 6.07) is 0. The third-order valence-corrected chi connectivity index (χ3v) is 3.77. The Hall–Kier alpha value is -1.96. The highest BCUT2D eigenvalue weighted by molar-refractivity contribution is 5.89. The van der Waals surface area contributed by atoms with Crippen LogP contribution in [-0.2, 0) is 4.74 Å². The fourth-order valence-electron chi connectivity index (χ4n) is 2.60. The molecular weight excluding hydrogens is 272 g/mol. The van der Waals surface area contributed by atoms with Crippen LogP contribution in [-0.4, -0.2) is 60.3 Å². The summed E-state index contributed by atoms with van der Waals surface area (Å²) in [6.07, 6.45) is 3.45. The third-order valence-electron chi connectivity index (χ3n) is 3.77. The van der Waals surface area contributed by atoms with Crippen LogP contribution < -0.4 is 15.5 Å². The van der Waals surface area contributed by atoms with E-state index < -0.39 is 5.91 Å². The van der Waals surface area contributed by atoms with Gasteiger partial charge in [0.2, 0.25) is 17.7 Å². The van der Waals surface area contributed by atoms with Crippen LogP contribution in [0, 0.1) is 0 Å². The summed E-state index contributed by atoms with van der Waals surface area (Å²) in [4.78, 5) is 28.5. The van der Waals surface area contributed by atoms with E-state index in [9.17, 15) is 4.79 Å². The van der Waals surface area contributed by atoms with E-state index in [4.69, 9.17) is 10.5 Å². The largest absolute Gasteiger partial charge is 0.378 e. The molecule has 0 radical (unpaired) electrons. The minimum atomic E-state index is -0.620. The lowest BCUT2D eigenvalue weighted by atomic mass is 10.1. The molecular formula is C13H20N6O2. The zero-order valence-electron chi connectivity index (χ0n) is 12.0. The molecule has 2 aliphatic rings. The van der Waals surface area contributed by atoms with Crippen molar-refractivity contribution < 1.29 is 9.53 Å². The maximum Gasteiger partial charge on any atom is 0.286 e. The quantitative estimate of drug-likeness (QED) is 0.823. The topological polar surface area (TPSA) is 97.5 Å². The highest BCUT2D eigenvalue weighted by Crippen LogP contribution is 2.19. The summed E-state index contributed by atoms with van der Waals surface area (Å²) in [7, 11) is 0. The fraction of sp³-hybridized carbons (Fsp3) is 0.692. The molecule has 0 aromatic carbocycles. The second-order valence-electron chi connectivity index (χ2n) is 5.27. The Kier molecular flexibility index (Phi) is 4.14. The van der Waals surface area contributed by atoms with E-state index in [0.717, 1.165) is 25.9 Å². The molecule has 2 saturated heterocycles. The Labute approximate surface area is 123 Å². The van der Waals surface area contributed by atoms with Gasteiger partial charge in [-0.3, -0.25) is 4.79 Å². The van der Waals surface area contributed by atoms with Gasteiger partial charge in [0.15, 0.2) is 0 Å². The van der Waals surface area contributed by atoms with Crippen molar-refractivity contribution in [1.82, 2.24) is 15.0 Å². The van der Waals surface area contributed by atoms with E-state index >= 15 is 0 Å². The van der Waals surface area contributed by atoms with Crippen molar-refractivity contribution in [2.24, 2.45) is 5.73 Å². The molecule has 0 aliphatic carbocycles. The molecule has 0 bridgehead atoms. The predicted octanol–water partition coefficient (Wildman–Crippen LogP) is -0.203. The minimum Gasteiger partial charge on any atom is -0.378 e. The number of morpholine rings is 1. The number of hydrogen-bond acceptors (Lipinski definition) is 7. The molecule has 21 heavy (non-hydrogen) atoms. The van der Waals surface area contributed by atoms with Gasteiger partial charge in [0.25, 0.3) is 5.91 Å². The van der Waals surface area contributed by atoms with E-state index in [1.165, 1.54) is 6.42 Å². The van der Waals surface area contributed by atoms with Gasteiger partial charge in [0.1, 0.15) is 0 Å². The summed E-state index contributed by atoms with van der Waals surface area (Å²) in [5.41, 5.74) is 5.36. The smallest absolute Gasteiger partial charge is 0.286 e. The summed E-state index contributed by atoms with van der Waals surface area (Å²) in [6.45, 7) is 4.51. The molecule has 1 aromatic rings. The lowest BCUT2D eigenvalue weighted by Gasteiger charge is -2.30. The number of hydrogen-bond donors (Lipinski definition) is 1. The highest BCUT2D eigenvalue weighted by atomic mass is 16.5. The van der Waals surface area contributed by atoms with Gasteiger partial charge in [-0.2, -0.15) is 15.0 Å². The summed E-state index contributed by atoms with van der Waals surface area (Å²) in [5.74, 6) is 0.486. The number of piperidine rings is 1. The molecule has 3 rings (SSSR count). The van der Waals surface area contributed by atoms with E-state index in [1.54, 1.807) is 0 Å². The number of anilines is 2. The Morgan fingerprint density at radius 2 is 1.48 bits per heavy atom. The van der Waals surface area contributed by atoms with Crippen LogP contribution in [0.4, 0.5) is 11.9 Å². The van der Waals surface area contributed by atoms with E-state index in [1.807, 2.05) is 4.90 Å². The molecule has 0 saturated carbocycles. The molecule has 0 unspecified atom stereocenters. The van der Waals surface area contributed by atoms with Gasteiger partial charge in [0, 0.05) is 26.2 Å². The second-order valence-corrected chi connectivity index (χ2v) is 5.27. The number of carbonyl (C=O) groups is 1. The second kappa shape index (κ2) is 6.21.